The van der Waals surface area contributed by atoms with Gasteiger partial charge in [0.2, 0.25) is 14.1 Å². The molecule has 0 bridgehead atoms. The number of hydrogen-bond donors (Lipinski definition) is 0. The molecular formula is C30H38BNP2. The third-order valence-corrected chi connectivity index (χ3v) is 10.0. The van der Waals surface area contributed by atoms with Crippen LogP contribution in [0.3, 0.4) is 0 Å². The van der Waals surface area contributed by atoms with E-state index in [9.17, 15) is 0 Å². The van der Waals surface area contributed by atoms with E-state index in [-0.39, 0.29) is 0 Å². The van der Waals surface area contributed by atoms with Crippen LogP contribution in [0, 0.1) is 0 Å². The normalized spacial score (nSPS) is 11.7. The second-order valence-electron chi connectivity index (χ2n) is 10.5. The van der Waals surface area contributed by atoms with Crippen molar-refractivity contribution in [3.05, 3.63) is 121 Å². The number of benzene rings is 4. The van der Waals surface area contributed by atoms with E-state index in [0.29, 0.717) is 0 Å². The lowest BCUT2D eigenvalue weighted by Crippen LogP contribution is -2.74. The van der Waals surface area contributed by atoms with Gasteiger partial charge in [-0.3, -0.25) is 0 Å². The highest BCUT2D eigenvalue weighted by Crippen LogP contribution is 2.38. The number of nitrogens with zero attached hydrogens (tertiary/aromatic N) is 1. The van der Waals surface area contributed by atoms with E-state index in [0.717, 1.165) is 0 Å². The maximum Gasteiger partial charge on any atom is 0.207 e. The molecule has 0 fully saturated rings. The molecule has 0 N–H and O–H groups in total. The van der Waals surface area contributed by atoms with Gasteiger partial charge < -0.3 is 0 Å². The summed E-state index contributed by atoms with van der Waals surface area (Å²) in [6.07, 6.45) is -1.22. The standard InChI is InChI=1S/C24H20B.C6H18NP2/c1-5-13-21(14-6-1)25(22-15-7-2-8-16-22,23-17-9-3-10-18-23)24-19-11-4-12-20-24;1-8(2,3)7-9(4,5)6/h1-20H;1-6H3/q-1;+1. The summed E-state index contributed by atoms with van der Waals surface area (Å²) in [5.41, 5.74) is 5.36. The van der Waals surface area contributed by atoms with Crippen molar-refractivity contribution in [2.24, 2.45) is 0 Å². The van der Waals surface area contributed by atoms with Gasteiger partial charge in [-0.15, -0.1) is 0 Å². The zero-order valence-electron chi connectivity index (χ0n) is 21.5. The van der Waals surface area contributed by atoms with E-state index in [4.69, 9.17) is 4.17 Å². The van der Waals surface area contributed by atoms with Gasteiger partial charge >= 0.3 is 0 Å². The minimum Gasteiger partial charge on any atom is -0.195 e. The highest BCUT2D eigenvalue weighted by molar-refractivity contribution is 7.71. The summed E-state index contributed by atoms with van der Waals surface area (Å²) in [5.74, 6) is 0. The Hall–Kier alpha value is -2.49. The molecule has 0 aliphatic carbocycles. The summed E-state index contributed by atoms with van der Waals surface area (Å²) in [6, 6.07) is 43.5. The van der Waals surface area contributed by atoms with Crippen LogP contribution < -0.4 is 26.0 Å². The van der Waals surface area contributed by atoms with E-state index in [2.05, 4.69) is 161 Å². The van der Waals surface area contributed by atoms with Crippen molar-refractivity contribution < 1.29 is 0 Å². The van der Waals surface area contributed by atoms with Crippen LogP contribution in [0.5, 0.6) is 0 Å². The Morgan fingerprint density at radius 1 is 0.382 bits per heavy atom. The van der Waals surface area contributed by atoms with Crippen LogP contribution in [0.2, 0.25) is 0 Å². The number of rotatable bonds is 4. The minimum absolute atomic E-state index is 0.863. The molecule has 4 heteroatoms. The maximum absolute atomic E-state index is 4.76. The van der Waals surface area contributed by atoms with Gasteiger partial charge in [0.25, 0.3) is 0 Å². The molecule has 0 unspecified atom stereocenters. The molecule has 4 aromatic carbocycles. The van der Waals surface area contributed by atoms with Crippen molar-refractivity contribution in [3.63, 3.8) is 0 Å². The van der Waals surface area contributed by atoms with Crippen molar-refractivity contribution in [3.8, 4) is 0 Å². The first-order valence-electron chi connectivity index (χ1n) is 11.9. The van der Waals surface area contributed by atoms with Crippen LogP contribution >= 0.6 is 14.1 Å². The Kier molecular flexibility index (Phi) is 8.68. The third-order valence-electron chi connectivity index (χ3n) is 5.73. The molecule has 4 rings (SSSR count). The first-order valence-corrected chi connectivity index (χ1v) is 18.0. The van der Waals surface area contributed by atoms with Crippen molar-refractivity contribution in [2.45, 2.75) is 0 Å². The molecule has 0 saturated carbocycles. The Labute approximate surface area is 207 Å². The molecule has 0 aliphatic heterocycles. The topological polar surface area (TPSA) is 14.1 Å². The summed E-state index contributed by atoms with van der Waals surface area (Å²) >= 11 is 0. The number of hydrogen-bond acceptors (Lipinski definition) is 0. The highest BCUT2D eigenvalue weighted by Gasteiger charge is 2.31. The highest BCUT2D eigenvalue weighted by atomic mass is 31.2. The van der Waals surface area contributed by atoms with Gasteiger partial charge in [-0.2, -0.15) is 26.0 Å². The van der Waals surface area contributed by atoms with Gasteiger partial charge in [0.1, 0.15) is 6.15 Å². The van der Waals surface area contributed by atoms with E-state index >= 15 is 0 Å². The SMILES string of the molecule is CP(C)(C)=[N+]=P(C)(C)C.c1ccc([B-](c2ccccc2)(c2ccccc2)c2ccccc2)cc1. The van der Waals surface area contributed by atoms with Gasteiger partial charge in [0.15, 0.2) is 0 Å². The fraction of sp³-hybridized carbons (Fsp3) is 0.200. The molecule has 0 spiro atoms. The fourth-order valence-corrected chi connectivity index (χ4v) is 11.4. The molecule has 176 valence electrons. The Balaban J connectivity index is 0.000000309. The Morgan fingerprint density at radius 2 is 0.588 bits per heavy atom. The van der Waals surface area contributed by atoms with E-state index in [1.807, 2.05) is 0 Å². The average molecular weight is 485 g/mol. The molecule has 1 nitrogen and oxygen atoms in total. The lowest BCUT2D eigenvalue weighted by molar-refractivity contribution is 1.66. The van der Waals surface area contributed by atoms with E-state index in [1.54, 1.807) is 0 Å². The lowest BCUT2D eigenvalue weighted by atomic mass is 9.13. The monoisotopic (exact) mass is 485 g/mol. The summed E-state index contributed by atoms with van der Waals surface area (Å²) in [5, 5.41) is 0. The summed E-state index contributed by atoms with van der Waals surface area (Å²) < 4.78 is 4.76. The van der Waals surface area contributed by atoms with Gasteiger partial charge in [0.05, 0.1) is 0 Å². The summed E-state index contributed by atoms with van der Waals surface area (Å²) in [6.45, 7) is 13.6. The molecule has 0 aliphatic rings. The van der Waals surface area contributed by atoms with Crippen molar-refractivity contribution in [2.75, 3.05) is 40.0 Å². The van der Waals surface area contributed by atoms with Crippen LogP contribution in [0.1, 0.15) is 0 Å². The van der Waals surface area contributed by atoms with E-state index < -0.39 is 20.3 Å². The van der Waals surface area contributed by atoms with Crippen LogP contribution in [0.25, 0.3) is 0 Å². The molecule has 0 amide bonds. The van der Waals surface area contributed by atoms with Gasteiger partial charge in [-0.25, -0.2) is 0 Å². The van der Waals surface area contributed by atoms with Crippen LogP contribution in [-0.2, 0) is 0 Å². The quantitative estimate of drug-likeness (QED) is 0.212. The summed E-state index contributed by atoms with van der Waals surface area (Å²) in [4.78, 5) is 0. The van der Waals surface area contributed by atoms with Crippen LogP contribution in [0.15, 0.2) is 121 Å². The molecule has 0 radical (unpaired) electrons. The predicted octanol–water partition coefficient (Wildman–Crippen LogP) is 5.30. The van der Waals surface area contributed by atoms with Crippen LogP contribution in [0.4, 0.5) is 0 Å². The summed E-state index contributed by atoms with van der Waals surface area (Å²) in [7, 11) is -1.73. The molecule has 34 heavy (non-hydrogen) atoms. The fourth-order valence-electron chi connectivity index (χ4n) is 4.93. The van der Waals surface area contributed by atoms with Crippen molar-refractivity contribution >= 4 is 42.1 Å². The zero-order chi connectivity index (χ0) is 24.7. The van der Waals surface area contributed by atoms with Crippen molar-refractivity contribution in [1.29, 1.82) is 0 Å². The maximum atomic E-state index is 4.76. The molecular weight excluding hydrogens is 447 g/mol. The second-order valence-corrected chi connectivity index (χ2v) is 19.0. The van der Waals surface area contributed by atoms with Crippen molar-refractivity contribution in [1.82, 2.24) is 4.17 Å². The Morgan fingerprint density at radius 3 is 0.735 bits per heavy atom. The largest absolute Gasteiger partial charge is 0.207 e. The minimum atomic E-state index is -1.22. The smallest absolute Gasteiger partial charge is 0.195 e. The zero-order valence-corrected chi connectivity index (χ0v) is 23.3. The predicted molar refractivity (Wildman–Crippen MR) is 162 cm³/mol. The lowest BCUT2D eigenvalue weighted by Gasteiger charge is -2.44. The first kappa shape index (κ1) is 26.1. The average Bonchev–Trinajstić information content (AvgIpc) is 2.81. The second kappa shape index (κ2) is 11.3. The van der Waals surface area contributed by atoms with Gasteiger partial charge in [0, 0.05) is 40.0 Å². The molecule has 0 saturated heterocycles. The van der Waals surface area contributed by atoms with Crippen LogP contribution in [-0.4, -0.2) is 46.1 Å². The van der Waals surface area contributed by atoms with Gasteiger partial charge in [-0.05, 0) is 0 Å². The van der Waals surface area contributed by atoms with Gasteiger partial charge in [-0.1, -0.05) is 121 Å². The Bertz CT molecular complexity index is 1090. The molecule has 0 atom stereocenters. The third kappa shape index (κ3) is 6.78. The molecule has 4 aromatic rings. The van der Waals surface area contributed by atoms with E-state index in [1.165, 1.54) is 21.9 Å². The molecule has 0 heterocycles. The first-order chi connectivity index (χ1) is 16.1. The molecule has 0 aromatic heterocycles.